The van der Waals surface area contributed by atoms with Gasteiger partial charge in [0.2, 0.25) is 5.91 Å². The number of para-hydroxylation sites is 1. The Bertz CT molecular complexity index is 838. The maximum atomic E-state index is 12.7. The normalized spacial score (nSPS) is 13.1. The maximum absolute atomic E-state index is 12.7. The monoisotopic (exact) mass is 416 g/mol. The second-order valence-electron chi connectivity index (χ2n) is 6.38. The lowest BCUT2D eigenvalue weighted by Gasteiger charge is -2.29. The molecule has 0 saturated heterocycles. The minimum atomic E-state index is -0.318. The summed E-state index contributed by atoms with van der Waals surface area (Å²) in [6.07, 6.45) is 3.54. The van der Waals surface area contributed by atoms with E-state index < -0.39 is 0 Å². The van der Waals surface area contributed by atoms with Gasteiger partial charge in [-0.15, -0.1) is 0 Å². The number of benzene rings is 1. The molecule has 1 aliphatic rings. The maximum Gasteiger partial charge on any atom is 0.255 e. The molecule has 1 aromatic heterocycles. The fraction of sp³-hybridized carbons (Fsp3) is 0.316. The first-order valence-electron chi connectivity index (χ1n) is 8.46. The van der Waals surface area contributed by atoms with Gasteiger partial charge in [-0.2, -0.15) is 0 Å². The Balaban J connectivity index is 1.71. The molecule has 136 valence electrons. The van der Waals surface area contributed by atoms with Gasteiger partial charge in [0.25, 0.3) is 5.91 Å². The topological polar surface area (TPSA) is 65.5 Å². The highest BCUT2D eigenvalue weighted by Crippen LogP contribution is 2.26. The van der Waals surface area contributed by atoms with E-state index in [1.807, 2.05) is 38.4 Å². The largest absolute Gasteiger partial charge is 0.362 e. The number of fused-ring (bicyclic) bond motifs is 1. The molecule has 2 aromatic rings. The Hall–Kier alpha value is -2.41. The van der Waals surface area contributed by atoms with Crippen LogP contribution in [-0.4, -0.2) is 44.0 Å². The number of aryl methyl sites for hydroxylation is 1. The number of halogens is 1. The summed E-state index contributed by atoms with van der Waals surface area (Å²) in [7, 11) is 3.64. The average Bonchev–Trinajstić information content (AvgIpc) is 2.65. The molecule has 0 aliphatic carbocycles. The molecule has 2 heterocycles. The Morgan fingerprint density at radius 3 is 2.85 bits per heavy atom. The fourth-order valence-corrected chi connectivity index (χ4v) is 3.43. The number of anilines is 2. The summed E-state index contributed by atoms with van der Waals surface area (Å²) in [5.74, 6) is 0.127. The second-order valence-corrected chi connectivity index (χ2v) is 7.30. The molecular weight excluding hydrogens is 396 g/mol. The van der Waals surface area contributed by atoms with Crippen LogP contribution in [0.25, 0.3) is 0 Å². The van der Waals surface area contributed by atoms with Crippen LogP contribution in [0.1, 0.15) is 22.3 Å². The molecule has 0 fully saturated rings. The smallest absolute Gasteiger partial charge is 0.255 e. The number of nitrogens with one attached hydrogen (secondary N) is 1. The number of hydrogen-bond donors (Lipinski definition) is 1. The van der Waals surface area contributed by atoms with Crippen LogP contribution >= 0.6 is 15.9 Å². The second kappa shape index (κ2) is 7.86. The molecule has 0 atom stereocenters. The van der Waals surface area contributed by atoms with Crippen LogP contribution in [-0.2, 0) is 11.2 Å². The zero-order valence-electron chi connectivity index (χ0n) is 14.8. The average molecular weight is 417 g/mol. The lowest BCUT2D eigenvalue weighted by Crippen LogP contribution is -2.42. The van der Waals surface area contributed by atoms with E-state index in [1.165, 1.54) is 5.56 Å². The van der Waals surface area contributed by atoms with Gasteiger partial charge in [0.1, 0.15) is 5.82 Å². The lowest BCUT2D eigenvalue weighted by atomic mass is 10.0. The molecule has 1 N–H and O–H groups in total. The predicted octanol–water partition coefficient (Wildman–Crippen LogP) is 2.62. The van der Waals surface area contributed by atoms with E-state index in [0.717, 1.165) is 18.5 Å². The molecule has 0 saturated carbocycles. The van der Waals surface area contributed by atoms with Gasteiger partial charge in [0.15, 0.2) is 0 Å². The number of rotatable bonds is 4. The van der Waals surface area contributed by atoms with Crippen molar-refractivity contribution < 1.29 is 9.59 Å². The van der Waals surface area contributed by atoms with Crippen molar-refractivity contribution in [1.82, 2.24) is 10.3 Å². The quantitative estimate of drug-likeness (QED) is 0.831. The highest BCUT2D eigenvalue weighted by atomic mass is 79.9. The molecule has 2 amide bonds. The van der Waals surface area contributed by atoms with Crippen LogP contribution in [0.2, 0.25) is 0 Å². The minimum Gasteiger partial charge on any atom is -0.362 e. The summed E-state index contributed by atoms with van der Waals surface area (Å²) in [6.45, 7) is 0.625. The Morgan fingerprint density at radius 2 is 2.08 bits per heavy atom. The minimum absolute atomic E-state index is 0.0491. The summed E-state index contributed by atoms with van der Waals surface area (Å²) in [5, 5.41) is 2.73. The highest BCUT2D eigenvalue weighted by Gasteiger charge is 2.23. The molecule has 6 nitrogen and oxygen atoms in total. The molecule has 26 heavy (non-hydrogen) atoms. The van der Waals surface area contributed by atoms with Gasteiger partial charge in [0, 0.05) is 37.0 Å². The van der Waals surface area contributed by atoms with Gasteiger partial charge in [-0.25, -0.2) is 4.98 Å². The molecule has 7 heteroatoms. The molecule has 0 unspecified atom stereocenters. The molecule has 3 rings (SSSR count). The molecular formula is C19H21BrN4O2. The van der Waals surface area contributed by atoms with Gasteiger partial charge in [-0.3, -0.25) is 9.59 Å². The number of carbonyl (C=O) groups excluding carboxylic acids is 2. The van der Waals surface area contributed by atoms with Crippen molar-refractivity contribution in [3.8, 4) is 0 Å². The van der Waals surface area contributed by atoms with Crippen molar-refractivity contribution in [2.24, 2.45) is 0 Å². The number of pyridine rings is 1. The van der Waals surface area contributed by atoms with E-state index in [2.05, 4.69) is 26.2 Å². The molecule has 1 aliphatic heterocycles. The summed E-state index contributed by atoms with van der Waals surface area (Å²) in [6, 6.07) is 9.62. The van der Waals surface area contributed by atoms with Crippen LogP contribution in [0, 0.1) is 0 Å². The van der Waals surface area contributed by atoms with E-state index in [9.17, 15) is 9.59 Å². The first-order valence-corrected chi connectivity index (χ1v) is 9.26. The van der Waals surface area contributed by atoms with Gasteiger partial charge in [-0.1, -0.05) is 18.2 Å². The molecule has 1 aromatic carbocycles. The first kappa shape index (κ1) is 18.4. The zero-order chi connectivity index (χ0) is 18.7. The van der Waals surface area contributed by atoms with Gasteiger partial charge in [-0.05, 0) is 46.5 Å². The Kier molecular flexibility index (Phi) is 5.56. The first-order chi connectivity index (χ1) is 12.5. The lowest BCUT2D eigenvalue weighted by molar-refractivity contribution is -0.117. The van der Waals surface area contributed by atoms with Crippen LogP contribution < -0.4 is 15.1 Å². The van der Waals surface area contributed by atoms with Crippen LogP contribution in [0.5, 0.6) is 0 Å². The van der Waals surface area contributed by atoms with Crippen molar-refractivity contribution in [2.45, 2.75) is 12.8 Å². The number of amides is 2. The number of carbonyl (C=O) groups is 2. The van der Waals surface area contributed by atoms with Crippen molar-refractivity contribution >= 4 is 39.2 Å². The third-order valence-corrected chi connectivity index (χ3v) is 4.75. The van der Waals surface area contributed by atoms with Crippen molar-refractivity contribution in [1.29, 1.82) is 0 Å². The van der Waals surface area contributed by atoms with Crippen molar-refractivity contribution in [3.05, 3.63) is 52.1 Å². The number of hydrogen-bond acceptors (Lipinski definition) is 4. The number of aromatic nitrogens is 1. The summed E-state index contributed by atoms with van der Waals surface area (Å²) < 4.78 is 0.713. The Labute approximate surface area is 161 Å². The third kappa shape index (κ3) is 3.88. The van der Waals surface area contributed by atoms with E-state index in [1.54, 1.807) is 22.1 Å². The Morgan fingerprint density at radius 1 is 1.31 bits per heavy atom. The summed E-state index contributed by atoms with van der Waals surface area (Å²) in [5.41, 5.74) is 2.54. The van der Waals surface area contributed by atoms with Gasteiger partial charge >= 0.3 is 0 Å². The molecule has 0 radical (unpaired) electrons. The standard InChI is InChI=1S/C19H21BrN4O2/c1-23(2)18-15(10-14(20)11-21-18)19(26)22-12-17(25)24-9-5-7-13-6-3-4-8-16(13)24/h3-4,6,8,10-11H,5,7,9,12H2,1-2H3,(H,22,26). The van der Waals surface area contributed by atoms with E-state index >= 15 is 0 Å². The predicted molar refractivity (Wildman–Crippen MR) is 106 cm³/mol. The third-order valence-electron chi connectivity index (χ3n) is 4.31. The van der Waals surface area contributed by atoms with Crippen molar-refractivity contribution in [3.63, 3.8) is 0 Å². The van der Waals surface area contributed by atoms with E-state index in [-0.39, 0.29) is 18.4 Å². The van der Waals surface area contributed by atoms with Gasteiger partial charge < -0.3 is 15.1 Å². The SMILES string of the molecule is CN(C)c1ncc(Br)cc1C(=O)NCC(=O)N1CCCc2ccccc21. The number of nitrogens with zero attached hydrogens (tertiary/aromatic N) is 3. The molecule has 0 bridgehead atoms. The van der Waals surface area contributed by atoms with Crippen LogP contribution in [0.3, 0.4) is 0 Å². The summed E-state index contributed by atoms with van der Waals surface area (Å²) in [4.78, 5) is 33.0. The van der Waals surface area contributed by atoms with E-state index in [4.69, 9.17) is 0 Å². The van der Waals surface area contributed by atoms with Crippen LogP contribution in [0.15, 0.2) is 41.0 Å². The fourth-order valence-electron chi connectivity index (χ4n) is 3.09. The highest BCUT2D eigenvalue weighted by molar-refractivity contribution is 9.10. The van der Waals surface area contributed by atoms with E-state index in [0.29, 0.717) is 22.4 Å². The van der Waals surface area contributed by atoms with Crippen molar-refractivity contribution in [2.75, 3.05) is 37.0 Å². The van der Waals surface area contributed by atoms with Crippen LogP contribution in [0.4, 0.5) is 11.5 Å². The zero-order valence-corrected chi connectivity index (χ0v) is 16.4. The van der Waals surface area contributed by atoms with Gasteiger partial charge in [0.05, 0.1) is 12.1 Å². The summed E-state index contributed by atoms with van der Waals surface area (Å²) >= 11 is 3.34. The molecule has 0 spiro atoms.